The standard InChI is InChI=1S/C7H16N4O5S/c1-3-16-7(12)11-17(14,15)10-5(2)4-6(8)9-13/h5,10,13H,3-4H2,1-2H3,(H2,8,9)(H,11,12). The van der Waals surface area contributed by atoms with Gasteiger partial charge in [-0.1, -0.05) is 5.16 Å². The number of hydrogen-bond acceptors (Lipinski definition) is 6. The monoisotopic (exact) mass is 268 g/mol. The van der Waals surface area contributed by atoms with E-state index in [1.807, 2.05) is 0 Å². The third kappa shape index (κ3) is 7.36. The first kappa shape index (κ1) is 15.4. The first-order valence-corrected chi connectivity index (χ1v) is 6.22. The lowest BCUT2D eigenvalue weighted by atomic mass is 10.2. The molecule has 0 aliphatic heterocycles. The first-order valence-electron chi connectivity index (χ1n) is 4.74. The van der Waals surface area contributed by atoms with E-state index in [9.17, 15) is 13.2 Å². The number of nitrogens with zero attached hydrogens (tertiary/aromatic N) is 1. The molecule has 0 radical (unpaired) electrons. The minimum Gasteiger partial charge on any atom is -0.449 e. The van der Waals surface area contributed by atoms with Crippen molar-refractivity contribution < 1.29 is 23.2 Å². The SMILES string of the molecule is CCOC(=O)NS(=O)(=O)NC(C)CC(N)=NO. The number of nitrogens with two attached hydrogens (primary N) is 1. The van der Waals surface area contributed by atoms with Crippen molar-refractivity contribution in [2.75, 3.05) is 6.61 Å². The Kier molecular flexibility index (Phi) is 6.28. The normalized spacial score (nSPS) is 14.1. The van der Waals surface area contributed by atoms with Gasteiger partial charge in [0.1, 0.15) is 5.84 Å². The van der Waals surface area contributed by atoms with Gasteiger partial charge in [-0.05, 0) is 13.8 Å². The fourth-order valence-corrected chi connectivity index (χ4v) is 1.91. The summed E-state index contributed by atoms with van der Waals surface area (Å²) in [6.07, 6.45) is -1.07. The molecule has 9 nitrogen and oxygen atoms in total. The van der Waals surface area contributed by atoms with Crippen LogP contribution < -0.4 is 15.2 Å². The highest BCUT2D eigenvalue weighted by Gasteiger charge is 2.18. The lowest BCUT2D eigenvalue weighted by molar-refractivity contribution is 0.158. The van der Waals surface area contributed by atoms with Crippen molar-refractivity contribution in [3.63, 3.8) is 0 Å². The highest BCUT2D eigenvalue weighted by Crippen LogP contribution is 1.93. The minimum atomic E-state index is -4.02. The van der Waals surface area contributed by atoms with Crippen molar-refractivity contribution in [1.29, 1.82) is 0 Å². The van der Waals surface area contributed by atoms with Crippen LogP contribution in [0.4, 0.5) is 4.79 Å². The van der Waals surface area contributed by atoms with E-state index in [0.717, 1.165) is 0 Å². The number of rotatable bonds is 6. The summed E-state index contributed by atoms with van der Waals surface area (Å²) in [5, 5.41) is 11.0. The fourth-order valence-electron chi connectivity index (χ4n) is 0.961. The summed E-state index contributed by atoms with van der Waals surface area (Å²) in [6, 6.07) is -0.641. The molecule has 0 aromatic heterocycles. The van der Waals surface area contributed by atoms with Gasteiger partial charge in [-0.15, -0.1) is 0 Å². The molecule has 10 heteroatoms. The van der Waals surface area contributed by atoms with E-state index in [2.05, 4.69) is 14.6 Å². The number of carbonyl (C=O) groups excluding carboxylic acids is 1. The van der Waals surface area contributed by atoms with Crippen molar-refractivity contribution in [3.05, 3.63) is 0 Å². The Labute approximate surface area is 99.2 Å². The average molecular weight is 268 g/mol. The van der Waals surface area contributed by atoms with Crippen LogP contribution in [-0.4, -0.2) is 38.2 Å². The molecular formula is C7H16N4O5S. The van der Waals surface area contributed by atoms with Crippen LogP contribution in [0.3, 0.4) is 0 Å². The summed E-state index contributed by atoms with van der Waals surface area (Å²) in [7, 11) is -4.02. The fraction of sp³-hybridized carbons (Fsp3) is 0.714. The zero-order valence-corrected chi connectivity index (χ0v) is 10.3. The van der Waals surface area contributed by atoms with Gasteiger partial charge in [-0.3, -0.25) is 0 Å². The van der Waals surface area contributed by atoms with E-state index >= 15 is 0 Å². The van der Waals surface area contributed by atoms with E-state index in [-0.39, 0.29) is 18.9 Å². The maximum Gasteiger partial charge on any atom is 0.421 e. The summed E-state index contributed by atoms with van der Waals surface area (Å²) in [5.41, 5.74) is 5.19. The van der Waals surface area contributed by atoms with E-state index in [0.29, 0.717) is 0 Å². The molecule has 0 bridgehead atoms. The highest BCUT2D eigenvalue weighted by atomic mass is 32.2. The third-order valence-electron chi connectivity index (χ3n) is 1.49. The molecule has 0 fully saturated rings. The van der Waals surface area contributed by atoms with E-state index < -0.39 is 22.3 Å². The van der Waals surface area contributed by atoms with Crippen molar-refractivity contribution in [2.24, 2.45) is 10.9 Å². The second-order valence-corrected chi connectivity index (χ2v) is 4.59. The van der Waals surface area contributed by atoms with Gasteiger partial charge in [-0.2, -0.15) is 13.1 Å². The molecule has 0 aliphatic carbocycles. The molecule has 0 aliphatic rings. The number of oxime groups is 1. The van der Waals surface area contributed by atoms with Gasteiger partial charge in [0.05, 0.1) is 6.61 Å². The van der Waals surface area contributed by atoms with Gasteiger partial charge in [0, 0.05) is 12.5 Å². The smallest absolute Gasteiger partial charge is 0.421 e. The number of amides is 1. The molecular weight excluding hydrogens is 252 g/mol. The van der Waals surface area contributed by atoms with Crippen molar-refractivity contribution >= 4 is 22.1 Å². The van der Waals surface area contributed by atoms with Crippen LogP contribution >= 0.6 is 0 Å². The van der Waals surface area contributed by atoms with Crippen LogP contribution in [-0.2, 0) is 14.9 Å². The molecule has 0 rings (SSSR count). The van der Waals surface area contributed by atoms with E-state index in [1.165, 1.54) is 6.92 Å². The number of nitrogens with one attached hydrogen (secondary N) is 2. The van der Waals surface area contributed by atoms with Crippen molar-refractivity contribution in [1.82, 2.24) is 9.44 Å². The summed E-state index contributed by atoms with van der Waals surface area (Å²) >= 11 is 0. The topological polar surface area (TPSA) is 143 Å². The number of carbonyl (C=O) groups is 1. The second-order valence-electron chi connectivity index (χ2n) is 3.14. The predicted octanol–water partition coefficient (Wildman–Crippen LogP) is -0.908. The third-order valence-corrected chi connectivity index (χ3v) is 2.64. The molecule has 0 saturated carbocycles. The zero-order chi connectivity index (χ0) is 13.5. The van der Waals surface area contributed by atoms with Gasteiger partial charge < -0.3 is 15.7 Å². The van der Waals surface area contributed by atoms with Gasteiger partial charge in [0.2, 0.25) is 0 Å². The van der Waals surface area contributed by atoms with Crippen LogP contribution in [0.1, 0.15) is 20.3 Å². The maximum absolute atomic E-state index is 11.3. The Morgan fingerprint density at radius 1 is 1.59 bits per heavy atom. The van der Waals surface area contributed by atoms with Crippen LogP contribution in [0, 0.1) is 0 Å². The Morgan fingerprint density at radius 3 is 2.65 bits per heavy atom. The largest absolute Gasteiger partial charge is 0.449 e. The number of amidine groups is 1. The summed E-state index contributed by atoms with van der Waals surface area (Å²) in [4.78, 5) is 10.9. The first-order chi connectivity index (χ1) is 7.80. The van der Waals surface area contributed by atoms with Crippen molar-refractivity contribution in [3.8, 4) is 0 Å². The quantitative estimate of drug-likeness (QED) is 0.212. The molecule has 5 N–H and O–H groups in total. The summed E-state index contributed by atoms with van der Waals surface area (Å²) in [5.74, 6) is -0.128. The number of ether oxygens (including phenoxy) is 1. The predicted molar refractivity (Wildman–Crippen MR) is 59.7 cm³/mol. The Bertz CT molecular complexity index is 380. The summed E-state index contributed by atoms with van der Waals surface area (Å²) < 4.78 is 30.8. The molecule has 17 heavy (non-hydrogen) atoms. The number of hydrogen-bond donors (Lipinski definition) is 4. The second kappa shape index (κ2) is 6.91. The van der Waals surface area contributed by atoms with E-state index in [4.69, 9.17) is 10.9 Å². The average Bonchev–Trinajstić information content (AvgIpc) is 2.15. The zero-order valence-electron chi connectivity index (χ0n) is 9.50. The molecule has 100 valence electrons. The van der Waals surface area contributed by atoms with Crippen LogP contribution in [0.5, 0.6) is 0 Å². The molecule has 1 amide bonds. The Hall–Kier alpha value is -1.55. The molecule has 0 saturated heterocycles. The van der Waals surface area contributed by atoms with E-state index in [1.54, 1.807) is 11.6 Å². The molecule has 1 unspecified atom stereocenters. The minimum absolute atomic E-state index is 0.000234. The molecule has 1 atom stereocenters. The van der Waals surface area contributed by atoms with Gasteiger partial charge >= 0.3 is 16.3 Å². The molecule has 0 spiro atoms. The van der Waals surface area contributed by atoms with Crippen LogP contribution in [0.2, 0.25) is 0 Å². The summed E-state index contributed by atoms with van der Waals surface area (Å²) in [6.45, 7) is 3.09. The van der Waals surface area contributed by atoms with Gasteiger partial charge in [0.25, 0.3) is 0 Å². The maximum atomic E-state index is 11.3. The highest BCUT2D eigenvalue weighted by molar-refractivity contribution is 7.88. The van der Waals surface area contributed by atoms with Gasteiger partial charge in [-0.25, -0.2) is 9.52 Å². The molecule has 0 heterocycles. The van der Waals surface area contributed by atoms with Crippen LogP contribution in [0.25, 0.3) is 0 Å². The van der Waals surface area contributed by atoms with Crippen molar-refractivity contribution in [2.45, 2.75) is 26.3 Å². The molecule has 0 aromatic carbocycles. The lowest BCUT2D eigenvalue weighted by Gasteiger charge is -2.13. The Morgan fingerprint density at radius 2 is 2.18 bits per heavy atom. The van der Waals surface area contributed by atoms with Gasteiger partial charge in [0.15, 0.2) is 0 Å². The molecule has 0 aromatic rings. The Balaban J connectivity index is 4.30. The lowest BCUT2D eigenvalue weighted by Crippen LogP contribution is -2.45. The van der Waals surface area contributed by atoms with Crippen LogP contribution in [0.15, 0.2) is 5.16 Å².